The maximum atomic E-state index is 12.2. The molecule has 1 saturated heterocycles. The van der Waals surface area contributed by atoms with Crippen molar-refractivity contribution in [2.45, 2.75) is 6.54 Å². The third-order valence-corrected chi connectivity index (χ3v) is 4.92. The fourth-order valence-electron chi connectivity index (χ4n) is 3.14. The first-order chi connectivity index (χ1) is 13.2. The van der Waals surface area contributed by atoms with Gasteiger partial charge in [0.2, 0.25) is 5.91 Å². The molecule has 0 spiro atoms. The molecule has 0 aliphatic carbocycles. The molecule has 1 aliphatic rings. The lowest BCUT2D eigenvalue weighted by Gasteiger charge is -2.33. The minimum atomic E-state index is 0.0624. The molecule has 0 bridgehead atoms. The van der Waals surface area contributed by atoms with Crippen LogP contribution >= 0.6 is 11.6 Å². The average Bonchev–Trinajstić information content (AvgIpc) is 2.69. The number of hydrogen-bond donors (Lipinski definition) is 1. The van der Waals surface area contributed by atoms with Gasteiger partial charge in [-0.2, -0.15) is 0 Å². The lowest BCUT2D eigenvalue weighted by molar-refractivity contribution is -0.122. The largest absolute Gasteiger partial charge is 0.351 e. The normalized spacial score (nSPS) is 15.9. The Balaban J connectivity index is 1.34. The number of piperazine rings is 1. The minimum absolute atomic E-state index is 0.0624. The molecule has 1 N–H and O–H groups in total. The number of amides is 1. The number of nitrogens with zero attached hydrogens (tertiary/aromatic N) is 2. The molecule has 0 radical (unpaired) electrons. The third kappa shape index (κ3) is 6.83. The summed E-state index contributed by atoms with van der Waals surface area (Å²) in [6.07, 6.45) is 4.37. The van der Waals surface area contributed by atoms with Gasteiger partial charge in [0, 0.05) is 44.3 Å². The number of nitrogens with one attached hydrogen (secondary N) is 1. The van der Waals surface area contributed by atoms with Crippen LogP contribution < -0.4 is 5.32 Å². The number of carbonyl (C=O) groups excluding carboxylic acids is 1. The van der Waals surface area contributed by atoms with E-state index in [1.54, 1.807) is 0 Å². The zero-order valence-corrected chi connectivity index (χ0v) is 16.2. The van der Waals surface area contributed by atoms with Crippen LogP contribution in [-0.2, 0) is 11.3 Å². The first-order valence-electron chi connectivity index (χ1n) is 9.36. The number of rotatable bonds is 7. The van der Waals surface area contributed by atoms with Crippen molar-refractivity contribution in [1.82, 2.24) is 15.1 Å². The average molecular weight is 384 g/mol. The zero-order valence-electron chi connectivity index (χ0n) is 15.5. The number of carbonyl (C=O) groups is 1. The van der Waals surface area contributed by atoms with E-state index in [9.17, 15) is 4.79 Å². The van der Waals surface area contributed by atoms with Gasteiger partial charge in [-0.3, -0.25) is 14.6 Å². The lowest BCUT2D eigenvalue weighted by Crippen LogP contribution is -2.49. The highest BCUT2D eigenvalue weighted by Gasteiger charge is 2.17. The molecule has 3 rings (SSSR count). The van der Waals surface area contributed by atoms with Gasteiger partial charge in [-0.1, -0.05) is 66.2 Å². The van der Waals surface area contributed by atoms with Gasteiger partial charge in [0.05, 0.1) is 6.54 Å². The highest BCUT2D eigenvalue weighted by atomic mass is 35.5. The van der Waals surface area contributed by atoms with Crippen molar-refractivity contribution >= 4 is 23.6 Å². The van der Waals surface area contributed by atoms with Gasteiger partial charge in [-0.15, -0.1) is 0 Å². The van der Waals surface area contributed by atoms with Crippen LogP contribution in [0.1, 0.15) is 11.1 Å². The summed E-state index contributed by atoms with van der Waals surface area (Å²) < 4.78 is 0. The summed E-state index contributed by atoms with van der Waals surface area (Å²) in [6.45, 7) is 5.73. The first-order valence-corrected chi connectivity index (χ1v) is 9.74. The Hall–Kier alpha value is -2.14. The van der Waals surface area contributed by atoms with E-state index in [4.69, 9.17) is 11.6 Å². The van der Waals surface area contributed by atoms with Crippen LogP contribution in [0.5, 0.6) is 0 Å². The second-order valence-corrected chi connectivity index (χ2v) is 7.23. The van der Waals surface area contributed by atoms with Gasteiger partial charge < -0.3 is 5.32 Å². The second kappa shape index (κ2) is 10.3. The maximum Gasteiger partial charge on any atom is 0.234 e. The highest BCUT2D eigenvalue weighted by molar-refractivity contribution is 6.30. The quantitative estimate of drug-likeness (QED) is 0.796. The molecule has 5 heteroatoms. The zero-order chi connectivity index (χ0) is 18.9. The topological polar surface area (TPSA) is 35.6 Å². The van der Waals surface area contributed by atoms with E-state index in [2.05, 4.69) is 51.5 Å². The van der Waals surface area contributed by atoms with Gasteiger partial charge in [0.15, 0.2) is 0 Å². The van der Waals surface area contributed by atoms with Gasteiger partial charge >= 0.3 is 0 Å². The molecular formula is C22H26ClN3O. The summed E-state index contributed by atoms with van der Waals surface area (Å²) in [4.78, 5) is 16.8. The summed E-state index contributed by atoms with van der Waals surface area (Å²) >= 11 is 5.97. The monoisotopic (exact) mass is 383 g/mol. The van der Waals surface area contributed by atoms with Crippen LogP contribution in [0.15, 0.2) is 60.7 Å². The van der Waals surface area contributed by atoms with E-state index in [1.165, 1.54) is 5.56 Å². The molecule has 2 aromatic rings. The minimum Gasteiger partial charge on any atom is -0.351 e. The van der Waals surface area contributed by atoms with E-state index in [0.29, 0.717) is 18.1 Å². The SMILES string of the molecule is O=C(CN1CCN(C/C=C/c2ccccc2)CC1)NCc1cccc(Cl)c1. The van der Waals surface area contributed by atoms with Crippen LogP contribution in [0.3, 0.4) is 0 Å². The Bertz CT molecular complexity index is 755. The molecule has 4 nitrogen and oxygen atoms in total. The van der Waals surface area contributed by atoms with E-state index in [0.717, 1.165) is 38.3 Å². The van der Waals surface area contributed by atoms with Gasteiger partial charge in [-0.25, -0.2) is 0 Å². The lowest BCUT2D eigenvalue weighted by atomic mass is 10.2. The Kier molecular flexibility index (Phi) is 7.45. The van der Waals surface area contributed by atoms with Crippen molar-refractivity contribution in [3.63, 3.8) is 0 Å². The molecule has 1 amide bonds. The Morgan fingerprint density at radius 2 is 1.74 bits per heavy atom. The molecule has 1 aliphatic heterocycles. The Labute approximate surface area is 166 Å². The van der Waals surface area contributed by atoms with Crippen molar-refractivity contribution < 1.29 is 4.79 Å². The number of hydrogen-bond acceptors (Lipinski definition) is 3. The Morgan fingerprint density at radius 1 is 1.00 bits per heavy atom. The predicted octanol–water partition coefficient (Wildman–Crippen LogP) is 3.29. The molecule has 0 atom stereocenters. The molecule has 142 valence electrons. The van der Waals surface area contributed by atoms with E-state index in [-0.39, 0.29) is 5.91 Å². The summed E-state index contributed by atoms with van der Waals surface area (Å²) in [5.74, 6) is 0.0624. The molecule has 1 fully saturated rings. The summed E-state index contributed by atoms with van der Waals surface area (Å²) in [6, 6.07) is 17.9. The molecule has 2 aromatic carbocycles. The highest BCUT2D eigenvalue weighted by Crippen LogP contribution is 2.10. The van der Waals surface area contributed by atoms with Crippen LogP contribution in [0.25, 0.3) is 6.08 Å². The fourth-order valence-corrected chi connectivity index (χ4v) is 3.35. The van der Waals surface area contributed by atoms with E-state index in [1.807, 2.05) is 30.3 Å². The summed E-state index contributed by atoms with van der Waals surface area (Å²) in [7, 11) is 0. The van der Waals surface area contributed by atoms with Crippen LogP contribution in [0.2, 0.25) is 5.02 Å². The number of halogens is 1. The summed E-state index contributed by atoms with van der Waals surface area (Å²) in [5, 5.41) is 3.67. The first kappa shape index (κ1) is 19.6. The van der Waals surface area contributed by atoms with Gasteiger partial charge in [-0.05, 0) is 23.3 Å². The van der Waals surface area contributed by atoms with Crippen LogP contribution in [0, 0.1) is 0 Å². The van der Waals surface area contributed by atoms with Crippen molar-refractivity contribution in [2.75, 3.05) is 39.3 Å². The van der Waals surface area contributed by atoms with Crippen LogP contribution in [0.4, 0.5) is 0 Å². The van der Waals surface area contributed by atoms with Crippen molar-refractivity contribution in [2.24, 2.45) is 0 Å². The van der Waals surface area contributed by atoms with Gasteiger partial charge in [0.1, 0.15) is 0 Å². The molecule has 1 heterocycles. The standard InChI is InChI=1S/C22H26ClN3O/c23-21-10-4-8-20(16-21)17-24-22(27)18-26-14-12-25(13-15-26)11-5-9-19-6-2-1-3-7-19/h1-10,16H,11-15,17-18H2,(H,24,27)/b9-5+. The summed E-state index contributed by atoms with van der Waals surface area (Å²) in [5.41, 5.74) is 2.25. The molecule has 27 heavy (non-hydrogen) atoms. The van der Waals surface area contributed by atoms with Crippen molar-refractivity contribution in [1.29, 1.82) is 0 Å². The second-order valence-electron chi connectivity index (χ2n) is 6.80. The molecule has 0 saturated carbocycles. The van der Waals surface area contributed by atoms with Crippen LogP contribution in [-0.4, -0.2) is 55.0 Å². The fraction of sp³-hybridized carbons (Fsp3) is 0.318. The van der Waals surface area contributed by atoms with E-state index < -0.39 is 0 Å². The van der Waals surface area contributed by atoms with Gasteiger partial charge in [0.25, 0.3) is 0 Å². The number of benzene rings is 2. The molecule has 0 aromatic heterocycles. The van der Waals surface area contributed by atoms with E-state index >= 15 is 0 Å². The Morgan fingerprint density at radius 3 is 2.48 bits per heavy atom. The predicted molar refractivity (Wildman–Crippen MR) is 112 cm³/mol. The third-order valence-electron chi connectivity index (χ3n) is 4.68. The van der Waals surface area contributed by atoms with Crippen molar-refractivity contribution in [3.05, 3.63) is 76.8 Å². The molecular weight excluding hydrogens is 358 g/mol. The smallest absolute Gasteiger partial charge is 0.234 e. The van der Waals surface area contributed by atoms with Crippen molar-refractivity contribution in [3.8, 4) is 0 Å². The maximum absolute atomic E-state index is 12.2. The molecule has 0 unspecified atom stereocenters.